The molecule has 0 aliphatic carbocycles. The van der Waals surface area contributed by atoms with Gasteiger partial charge < -0.3 is 0 Å². The van der Waals surface area contributed by atoms with Gasteiger partial charge in [0.2, 0.25) is 0 Å². The fourth-order valence-electron chi connectivity index (χ4n) is 0. The van der Waals surface area contributed by atoms with Crippen LogP contribution >= 0.6 is 0 Å². The van der Waals surface area contributed by atoms with Crippen molar-refractivity contribution in [1.82, 2.24) is 0 Å². The van der Waals surface area contributed by atoms with Gasteiger partial charge in [-0.3, -0.25) is 0 Å². The third-order valence-electron chi connectivity index (χ3n) is 0. The summed E-state index contributed by atoms with van der Waals surface area (Å²) in [5.41, 5.74) is 0. The molecule has 0 aliphatic heterocycles. The van der Waals surface area contributed by atoms with Crippen molar-refractivity contribution in [2.75, 3.05) is 0 Å². The second kappa shape index (κ2) is 9.16. The molecule has 0 heterocycles. The van der Waals surface area contributed by atoms with Crippen molar-refractivity contribution in [3.8, 4) is 0 Å². The number of hydrogen-bond acceptors (Lipinski definition) is 2. The molecule has 0 fully saturated rings. The van der Waals surface area contributed by atoms with Gasteiger partial charge in [0, 0.05) is 0 Å². The van der Waals surface area contributed by atoms with Crippen LogP contribution in [-0.2, 0) is 44.5 Å². The topological polar surface area (TPSA) is 34.1 Å². The average molecular weight is 199 g/mol. The van der Waals surface area contributed by atoms with E-state index in [9.17, 15) is 0 Å². The van der Waals surface area contributed by atoms with E-state index in [1.165, 1.54) is 0 Å². The maximum atomic E-state index is 8.31. The molecule has 0 aromatic rings. The molecule has 4 heteroatoms. The Balaban J connectivity index is 0. The zero-order valence-electron chi connectivity index (χ0n) is 1.43. The van der Waals surface area contributed by atoms with Crippen LogP contribution in [0.5, 0.6) is 0 Å². The molecule has 0 saturated carbocycles. The molecule has 0 N–H and O–H groups in total. The Morgan fingerprint density at radius 3 is 1.25 bits per heavy atom. The monoisotopic (exact) mass is 197 g/mol. The fourth-order valence-corrected chi connectivity index (χ4v) is 0. The Morgan fingerprint density at radius 2 is 1.25 bits per heavy atom. The number of hydrogen-bond donors (Lipinski definition) is 0. The first kappa shape index (κ1) is 8.85. The van der Waals surface area contributed by atoms with Gasteiger partial charge in [-0.15, -0.1) is 0 Å². The van der Waals surface area contributed by atoms with Crippen LogP contribution in [0.4, 0.5) is 0 Å². The van der Waals surface area contributed by atoms with Crippen LogP contribution in [0.25, 0.3) is 0 Å². The zero-order chi connectivity index (χ0) is 2.71. The van der Waals surface area contributed by atoms with Gasteiger partial charge in [0.1, 0.15) is 0 Å². The Labute approximate surface area is 44.7 Å². The molecule has 0 radical (unpaired) electrons. The molecule has 0 aliphatic rings. The van der Waals surface area contributed by atoms with Gasteiger partial charge in [0.15, 0.2) is 0 Å². The Morgan fingerprint density at radius 1 is 1.25 bits per heavy atom. The Kier molecular flexibility index (Phi) is 20.2. The quantitative estimate of drug-likeness (QED) is 0.504. The zero-order valence-corrected chi connectivity index (χ0v) is 3.90. The van der Waals surface area contributed by atoms with Gasteiger partial charge in [-0.1, -0.05) is 0 Å². The molecule has 0 aromatic carbocycles. The molecule has 0 saturated heterocycles. The Bertz CT molecular complexity index is 27.0. The van der Waals surface area contributed by atoms with Crippen LogP contribution in [0.2, 0.25) is 0 Å². The van der Waals surface area contributed by atoms with Crippen molar-refractivity contribution in [2.24, 2.45) is 0 Å². The summed E-state index contributed by atoms with van der Waals surface area (Å²) in [5.74, 6) is 0. The van der Waals surface area contributed by atoms with E-state index in [1.54, 1.807) is 0 Å². The minimum absolute atomic E-state index is 0. The second-order valence-electron chi connectivity index (χ2n) is 0.0527. The van der Waals surface area contributed by atoms with Gasteiger partial charge >= 0.3 is 44.5 Å². The summed E-state index contributed by atoms with van der Waals surface area (Å²) in [6, 6.07) is 0. The summed E-state index contributed by atoms with van der Waals surface area (Å²) < 4.78 is 16.6. The van der Waals surface area contributed by atoms with Gasteiger partial charge in [-0.05, 0) is 0 Å². The predicted octanol–water partition coefficient (Wildman–Crippen LogP) is -0.243. The fraction of sp³-hybridized carbons (Fsp3) is 0. The van der Waals surface area contributed by atoms with E-state index in [2.05, 4.69) is 0 Å². The molecule has 0 amide bonds. The molecular formula is AgNiO2. The SMILES string of the molecule is [Ag+].[O]=[Ni-]=[O]. The van der Waals surface area contributed by atoms with Gasteiger partial charge in [0.25, 0.3) is 0 Å². The van der Waals surface area contributed by atoms with Crippen LogP contribution in [0.15, 0.2) is 0 Å². The van der Waals surface area contributed by atoms with E-state index in [4.69, 9.17) is 7.79 Å². The number of rotatable bonds is 0. The van der Waals surface area contributed by atoms with E-state index < -0.39 is 14.3 Å². The normalized spacial score (nSPS) is 5.00. The molecule has 0 aromatic heterocycles. The summed E-state index contributed by atoms with van der Waals surface area (Å²) in [7, 11) is 0. The van der Waals surface area contributed by atoms with Crippen molar-refractivity contribution < 1.29 is 44.5 Å². The van der Waals surface area contributed by atoms with Crippen LogP contribution in [0.1, 0.15) is 0 Å². The van der Waals surface area contributed by atoms with Crippen LogP contribution < -0.4 is 0 Å². The third kappa shape index (κ3) is 13.7. The molecule has 4 heavy (non-hydrogen) atoms. The second-order valence-corrected chi connectivity index (χ2v) is 0.217. The summed E-state index contributed by atoms with van der Waals surface area (Å²) in [6.45, 7) is 0. The van der Waals surface area contributed by atoms with Gasteiger partial charge in [-0.2, -0.15) is 0 Å². The van der Waals surface area contributed by atoms with Crippen LogP contribution in [0, 0.1) is 0 Å². The molecule has 0 unspecified atom stereocenters. The van der Waals surface area contributed by atoms with Gasteiger partial charge in [-0.25, -0.2) is 0 Å². The van der Waals surface area contributed by atoms with E-state index in [0.29, 0.717) is 0 Å². The van der Waals surface area contributed by atoms with Crippen molar-refractivity contribution in [1.29, 1.82) is 0 Å². The van der Waals surface area contributed by atoms with Crippen molar-refractivity contribution in [3.05, 3.63) is 0 Å². The molecule has 0 spiro atoms. The average Bonchev–Trinajstić information content (AvgIpc) is 0.918. The molecule has 0 rings (SSSR count). The first-order valence-electron chi connectivity index (χ1n) is 0.258. The summed E-state index contributed by atoms with van der Waals surface area (Å²) in [5, 5.41) is 0. The van der Waals surface area contributed by atoms with E-state index in [0.717, 1.165) is 0 Å². The van der Waals surface area contributed by atoms with E-state index >= 15 is 0 Å². The van der Waals surface area contributed by atoms with Crippen molar-refractivity contribution >= 4 is 0 Å². The first-order chi connectivity index (χ1) is 1.41. The van der Waals surface area contributed by atoms with E-state index in [1.807, 2.05) is 0 Å². The first-order valence-corrected chi connectivity index (χ1v) is 1.06. The summed E-state index contributed by atoms with van der Waals surface area (Å²) in [4.78, 5) is 0. The molecule has 0 bridgehead atoms. The Hall–Kier alpha value is 0.834. The van der Waals surface area contributed by atoms with Crippen molar-refractivity contribution in [2.45, 2.75) is 0 Å². The summed E-state index contributed by atoms with van der Waals surface area (Å²) in [6.07, 6.45) is 0. The predicted molar refractivity (Wildman–Crippen MR) is 1.37 cm³/mol. The molecule has 0 atom stereocenters. The van der Waals surface area contributed by atoms with Gasteiger partial charge in [0.05, 0.1) is 0 Å². The van der Waals surface area contributed by atoms with Crippen molar-refractivity contribution in [3.63, 3.8) is 0 Å². The van der Waals surface area contributed by atoms with E-state index in [-0.39, 0.29) is 22.4 Å². The van der Waals surface area contributed by atoms with Crippen LogP contribution in [0.3, 0.4) is 0 Å². The summed E-state index contributed by atoms with van der Waals surface area (Å²) >= 11 is -0.875. The molecular weight excluding hydrogens is 199 g/mol. The maximum absolute atomic E-state index is 8.31. The molecule has 33 valence electrons. The third-order valence-corrected chi connectivity index (χ3v) is 0. The molecule has 2 nitrogen and oxygen atoms in total. The minimum atomic E-state index is -0.875. The standard InChI is InChI=1S/Ag.Ni.2O/q+1;-1;;. The van der Waals surface area contributed by atoms with Crippen LogP contribution in [-0.4, -0.2) is 0 Å².